The van der Waals surface area contributed by atoms with Crippen LogP contribution in [0.4, 0.5) is 4.39 Å². The van der Waals surface area contributed by atoms with E-state index in [0.29, 0.717) is 17.8 Å². The van der Waals surface area contributed by atoms with Crippen LogP contribution in [0.2, 0.25) is 0 Å². The van der Waals surface area contributed by atoms with Crippen molar-refractivity contribution in [2.45, 2.75) is 45.1 Å². The highest BCUT2D eigenvalue weighted by Gasteiger charge is 2.45. The van der Waals surface area contributed by atoms with Crippen LogP contribution in [-0.4, -0.2) is 38.5 Å². The van der Waals surface area contributed by atoms with Crippen LogP contribution in [0.25, 0.3) is 22.2 Å². The zero-order valence-corrected chi connectivity index (χ0v) is 18.3. The lowest BCUT2D eigenvalue weighted by Gasteiger charge is -2.31. The highest BCUT2D eigenvalue weighted by atomic mass is 19.1. The molecule has 0 saturated carbocycles. The molecule has 1 atom stereocenters. The molecule has 3 aliphatic heterocycles. The number of aliphatic hydroxyl groups is 2. The molecular formula is C24H21FN2O7. The van der Waals surface area contributed by atoms with Crippen LogP contribution in [0.15, 0.2) is 21.7 Å². The van der Waals surface area contributed by atoms with E-state index in [4.69, 9.17) is 9.47 Å². The van der Waals surface area contributed by atoms with E-state index < -0.39 is 28.4 Å². The van der Waals surface area contributed by atoms with Crippen LogP contribution in [0.1, 0.15) is 35.7 Å². The standard InChI is InChI=1S/C24H21FN2O7/c1-2-24(32)14-8-16-18-17(9-27(16)22(30)13(14)10-34-23(24)31)26-4-6-33-21-11(3-5-28)15(25)7-12(19(21)26)20(18)29/h7-8,28,32H,2-6,9-10H2,1H3/t24-/m0/s1. The maximum Gasteiger partial charge on any atom is 0.343 e. The highest BCUT2D eigenvalue weighted by molar-refractivity contribution is 5.92. The van der Waals surface area contributed by atoms with E-state index in [1.165, 1.54) is 10.6 Å². The molecule has 3 aromatic rings. The molecule has 0 spiro atoms. The zero-order valence-electron chi connectivity index (χ0n) is 18.3. The number of ether oxygens (including phenoxy) is 2. The first-order valence-corrected chi connectivity index (χ1v) is 11.1. The van der Waals surface area contributed by atoms with E-state index in [0.717, 1.165) is 6.07 Å². The van der Waals surface area contributed by atoms with Crippen LogP contribution >= 0.6 is 0 Å². The molecule has 5 heterocycles. The largest absolute Gasteiger partial charge is 0.489 e. The summed E-state index contributed by atoms with van der Waals surface area (Å²) in [5.74, 6) is -1.25. The molecule has 1 aromatic carbocycles. The molecule has 3 aliphatic rings. The predicted octanol–water partition coefficient (Wildman–Crippen LogP) is 0.913. The van der Waals surface area contributed by atoms with Gasteiger partial charge in [-0.3, -0.25) is 9.59 Å². The lowest BCUT2D eigenvalue weighted by molar-refractivity contribution is -0.172. The minimum atomic E-state index is -1.99. The first-order valence-electron chi connectivity index (χ1n) is 11.1. The van der Waals surface area contributed by atoms with Gasteiger partial charge in [-0.25, -0.2) is 9.18 Å². The molecule has 34 heavy (non-hydrogen) atoms. The van der Waals surface area contributed by atoms with Crippen LogP contribution in [0.3, 0.4) is 0 Å². The van der Waals surface area contributed by atoms with Gasteiger partial charge in [0.2, 0.25) is 0 Å². The average Bonchev–Trinajstić information content (AvgIpc) is 3.22. The predicted molar refractivity (Wildman–Crippen MR) is 117 cm³/mol. The number of cyclic esters (lactones) is 1. The van der Waals surface area contributed by atoms with Gasteiger partial charge in [0.1, 0.15) is 24.8 Å². The van der Waals surface area contributed by atoms with Gasteiger partial charge in [0, 0.05) is 24.2 Å². The number of pyridine rings is 2. The van der Waals surface area contributed by atoms with Crippen molar-refractivity contribution in [1.29, 1.82) is 0 Å². The fourth-order valence-electron chi connectivity index (χ4n) is 5.46. The summed E-state index contributed by atoms with van der Waals surface area (Å²) in [6, 6.07) is 2.67. The lowest BCUT2D eigenvalue weighted by Crippen LogP contribution is -2.44. The third-order valence-corrected chi connectivity index (χ3v) is 7.19. The summed E-state index contributed by atoms with van der Waals surface area (Å²) in [5.41, 5.74) is -0.836. The van der Waals surface area contributed by atoms with Gasteiger partial charge in [-0.1, -0.05) is 6.92 Å². The van der Waals surface area contributed by atoms with Crippen LogP contribution < -0.4 is 15.7 Å². The molecular weight excluding hydrogens is 447 g/mol. The third kappa shape index (κ3) is 2.47. The number of carbonyl (C=O) groups excluding carboxylic acids is 1. The molecule has 2 aromatic heterocycles. The highest BCUT2D eigenvalue weighted by Crippen LogP contribution is 2.41. The second kappa shape index (κ2) is 7.00. The Morgan fingerprint density at radius 2 is 1.97 bits per heavy atom. The van der Waals surface area contributed by atoms with Gasteiger partial charge in [0.15, 0.2) is 11.0 Å². The summed E-state index contributed by atoms with van der Waals surface area (Å²) < 4.78 is 29.1. The van der Waals surface area contributed by atoms with E-state index in [9.17, 15) is 29.0 Å². The van der Waals surface area contributed by atoms with Gasteiger partial charge in [-0.05, 0) is 18.6 Å². The summed E-state index contributed by atoms with van der Waals surface area (Å²) in [4.78, 5) is 39.4. The second-order valence-electron chi connectivity index (χ2n) is 8.79. The minimum absolute atomic E-state index is 0.00389. The van der Waals surface area contributed by atoms with Crippen molar-refractivity contribution < 1.29 is 28.9 Å². The van der Waals surface area contributed by atoms with E-state index in [2.05, 4.69) is 0 Å². The zero-order chi connectivity index (χ0) is 23.9. The number of benzene rings is 1. The summed E-state index contributed by atoms with van der Waals surface area (Å²) >= 11 is 0. The number of aliphatic hydroxyl groups excluding tert-OH is 1. The van der Waals surface area contributed by atoms with Crippen molar-refractivity contribution in [1.82, 2.24) is 9.13 Å². The van der Waals surface area contributed by atoms with Crippen LogP contribution in [0, 0.1) is 5.82 Å². The smallest absolute Gasteiger partial charge is 0.343 e. The van der Waals surface area contributed by atoms with Crippen molar-refractivity contribution >= 4 is 16.9 Å². The maximum atomic E-state index is 14.9. The van der Waals surface area contributed by atoms with Crippen molar-refractivity contribution in [3.05, 3.63) is 60.9 Å². The molecule has 0 fully saturated rings. The van der Waals surface area contributed by atoms with Crippen molar-refractivity contribution in [3.63, 3.8) is 0 Å². The Bertz CT molecular complexity index is 1550. The Kier molecular flexibility index (Phi) is 4.34. The number of halogens is 1. The van der Waals surface area contributed by atoms with Crippen molar-refractivity contribution in [2.24, 2.45) is 0 Å². The fraction of sp³-hybridized carbons (Fsp3) is 0.375. The molecule has 0 aliphatic carbocycles. The van der Waals surface area contributed by atoms with Crippen LogP contribution in [0.5, 0.6) is 5.75 Å². The molecule has 10 heteroatoms. The third-order valence-electron chi connectivity index (χ3n) is 7.19. The van der Waals surface area contributed by atoms with Crippen LogP contribution in [-0.2, 0) is 41.2 Å². The monoisotopic (exact) mass is 468 g/mol. The Labute approximate surface area is 191 Å². The van der Waals surface area contributed by atoms with E-state index in [1.807, 2.05) is 4.57 Å². The van der Waals surface area contributed by atoms with Crippen molar-refractivity contribution in [2.75, 3.05) is 13.2 Å². The summed E-state index contributed by atoms with van der Waals surface area (Å²) in [6.45, 7) is 1.80. The van der Waals surface area contributed by atoms with E-state index in [-0.39, 0.29) is 78.3 Å². The Hall–Kier alpha value is -3.50. The second-order valence-corrected chi connectivity index (χ2v) is 8.79. The maximum absolute atomic E-state index is 14.9. The Balaban J connectivity index is 1.70. The number of rotatable bonds is 3. The van der Waals surface area contributed by atoms with Gasteiger partial charge in [-0.15, -0.1) is 0 Å². The van der Waals surface area contributed by atoms with E-state index >= 15 is 0 Å². The number of nitrogens with zero attached hydrogens (tertiary/aromatic N) is 2. The quantitative estimate of drug-likeness (QED) is 0.429. The van der Waals surface area contributed by atoms with Gasteiger partial charge >= 0.3 is 5.97 Å². The first-order chi connectivity index (χ1) is 16.3. The van der Waals surface area contributed by atoms with Gasteiger partial charge in [-0.2, -0.15) is 0 Å². The van der Waals surface area contributed by atoms with Crippen molar-refractivity contribution in [3.8, 4) is 17.0 Å². The number of fused-ring (bicyclic) bond motifs is 5. The molecule has 0 unspecified atom stereocenters. The molecule has 2 N–H and O–H groups in total. The SMILES string of the molecule is CC[C@@]1(O)C(=O)OCc2c1cc1n(c2=O)Cc2c-1c(=O)c1cc(F)c(CCO)c3c1n2CCO3. The number of carbonyl (C=O) groups is 1. The Morgan fingerprint density at radius 1 is 1.18 bits per heavy atom. The summed E-state index contributed by atoms with van der Waals surface area (Å²) in [7, 11) is 0. The molecule has 176 valence electrons. The Morgan fingerprint density at radius 3 is 2.71 bits per heavy atom. The fourth-order valence-corrected chi connectivity index (χ4v) is 5.46. The lowest BCUT2D eigenvalue weighted by atomic mass is 9.85. The van der Waals surface area contributed by atoms with Gasteiger partial charge in [0.05, 0.1) is 46.5 Å². The summed E-state index contributed by atoms with van der Waals surface area (Å²) in [6.07, 6.45) is 0.0362. The van der Waals surface area contributed by atoms with Gasteiger partial charge in [0.25, 0.3) is 5.56 Å². The summed E-state index contributed by atoms with van der Waals surface area (Å²) in [5, 5.41) is 20.5. The molecule has 0 amide bonds. The van der Waals surface area contributed by atoms with E-state index in [1.54, 1.807) is 6.92 Å². The topological polar surface area (TPSA) is 120 Å². The normalized spacial score (nSPS) is 19.9. The molecule has 6 rings (SSSR count). The number of hydrogen-bond donors (Lipinski definition) is 2. The molecule has 0 saturated heterocycles. The number of aromatic nitrogens is 2. The molecule has 0 bridgehead atoms. The number of hydrogen-bond acceptors (Lipinski definition) is 7. The van der Waals surface area contributed by atoms with Gasteiger partial charge < -0.3 is 28.8 Å². The minimum Gasteiger partial charge on any atom is -0.489 e. The average molecular weight is 468 g/mol. The molecule has 0 radical (unpaired) electrons. The first kappa shape index (κ1) is 21.1. The molecule has 9 nitrogen and oxygen atoms in total. The number of esters is 1.